The number of para-hydroxylation sites is 1. The van der Waals surface area contributed by atoms with E-state index in [2.05, 4.69) is 48.1 Å². The van der Waals surface area contributed by atoms with Crippen LogP contribution in [0.5, 0.6) is 5.75 Å². The van der Waals surface area contributed by atoms with Gasteiger partial charge in [0.1, 0.15) is 5.75 Å². The first-order valence-corrected chi connectivity index (χ1v) is 21.3. The van der Waals surface area contributed by atoms with E-state index < -0.39 is 10.0 Å². The number of fused-ring (bicyclic) bond motifs is 1. The Balaban J connectivity index is 0.000000210. The molecule has 13 nitrogen and oxygen atoms in total. The summed E-state index contributed by atoms with van der Waals surface area (Å²) in [4.78, 5) is 44.9. The lowest BCUT2D eigenvalue weighted by Gasteiger charge is -2.42. The van der Waals surface area contributed by atoms with Crippen LogP contribution in [0.25, 0.3) is 0 Å². The lowest BCUT2D eigenvalue weighted by Crippen LogP contribution is -2.54. The van der Waals surface area contributed by atoms with Crippen LogP contribution in [0.15, 0.2) is 45.3 Å². The molecule has 4 heterocycles. The zero-order valence-electron chi connectivity index (χ0n) is 30.1. The molecule has 0 saturated carbocycles. The van der Waals surface area contributed by atoms with E-state index in [1.54, 1.807) is 9.21 Å². The number of urea groups is 1. The Hall–Kier alpha value is -2.92. The minimum Gasteiger partial charge on any atom is -0.506 e. The molecule has 2 N–H and O–H groups in total. The molecule has 3 saturated heterocycles. The largest absolute Gasteiger partial charge is 0.506 e. The van der Waals surface area contributed by atoms with Gasteiger partial charge in [-0.3, -0.25) is 9.69 Å². The van der Waals surface area contributed by atoms with Crippen molar-refractivity contribution >= 4 is 65.6 Å². The lowest BCUT2D eigenvalue weighted by molar-refractivity contribution is -0.136. The first-order valence-electron chi connectivity index (χ1n) is 17.9. The summed E-state index contributed by atoms with van der Waals surface area (Å²) in [5.41, 5.74) is 3.07. The molecule has 2 aromatic rings. The van der Waals surface area contributed by atoms with Crippen molar-refractivity contribution in [3.63, 3.8) is 0 Å². The average molecular weight is 871 g/mol. The van der Waals surface area contributed by atoms with Crippen molar-refractivity contribution in [2.24, 2.45) is 5.92 Å². The molecule has 4 amide bonds. The Kier molecular flexibility index (Phi) is 13.9. The summed E-state index contributed by atoms with van der Waals surface area (Å²) in [5.74, 6) is 0.191. The number of piperidine rings is 2. The number of piperazine rings is 1. The molecular weight excluding hydrogens is 820 g/mol. The van der Waals surface area contributed by atoms with Gasteiger partial charge < -0.3 is 29.9 Å². The van der Waals surface area contributed by atoms with E-state index in [4.69, 9.17) is 4.74 Å². The molecule has 52 heavy (non-hydrogen) atoms. The molecule has 0 bridgehead atoms. The van der Waals surface area contributed by atoms with Crippen LogP contribution >= 0.6 is 31.9 Å². The summed E-state index contributed by atoms with van der Waals surface area (Å²) in [6, 6.07) is 12.2. The summed E-state index contributed by atoms with van der Waals surface area (Å²) < 4.78 is 30.9. The number of hydrogen-bond acceptors (Lipinski definition) is 8. The van der Waals surface area contributed by atoms with Crippen LogP contribution in [-0.2, 0) is 32.4 Å². The summed E-state index contributed by atoms with van der Waals surface area (Å²) in [5, 5.41) is 12.9. The molecule has 0 aliphatic carbocycles. The van der Waals surface area contributed by atoms with E-state index >= 15 is 0 Å². The van der Waals surface area contributed by atoms with Crippen LogP contribution in [0.3, 0.4) is 0 Å². The zero-order chi connectivity index (χ0) is 37.6. The van der Waals surface area contributed by atoms with Crippen LogP contribution in [0.1, 0.15) is 43.7 Å². The fraction of sp³-hybridized carbons (Fsp3) is 0.583. The van der Waals surface area contributed by atoms with E-state index in [1.165, 1.54) is 18.9 Å². The first kappa shape index (κ1) is 40.3. The summed E-state index contributed by atoms with van der Waals surface area (Å²) in [7, 11) is -1.71. The number of carbonyl (C=O) groups is 3. The predicted octanol–water partition coefficient (Wildman–Crippen LogP) is 4.97. The van der Waals surface area contributed by atoms with Gasteiger partial charge in [0, 0.05) is 82.6 Å². The molecule has 0 spiro atoms. The van der Waals surface area contributed by atoms with Crippen molar-refractivity contribution < 1.29 is 32.6 Å². The van der Waals surface area contributed by atoms with E-state index in [0.29, 0.717) is 54.1 Å². The summed E-state index contributed by atoms with van der Waals surface area (Å²) >= 11 is 6.69. The molecule has 4 aliphatic rings. The fourth-order valence-corrected chi connectivity index (χ4v) is 9.68. The summed E-state index contributed by atoms with van der Waals surface area (Å²) in [6.45, 7) is 8.02. The number of methoxy groups -OCH3 is 1. The fourth-order valence-electron chi connectivity index (χ4n) is 7.57. The molecule has 16 heteroatoms. The number of aromatic hydroxyl groups is 1. The molecule has 0 radical (unpaired) electrons. The maximum atomic E-state index is 12.9. The van der Waals surface area contributed by atoms with Gasteiger partial charge in [-0.15, -0.1) is 0 Å². The van der Waals surface area contributed by atoms with Crippen molar-refractivity contribution in [3.05, 3.63) is 56.5 Å². The van der Waals surface area contributed by atoms with Gasteiger partial charge in [0.2, 0.25) is 15.9 Å². The number of amides is 4. The molecule has 3 fully saturated rings. The quantitative estimate of drug-likeness (QED) is 0.415. The normalized spacial score (nSPS) is 20.2. The smallest absolute Gasteiger partial charge is 0.409 e. The number of anilines is 1. The Morgan fingerprint density at radius 3 is 2.08 bits per heavy atom. The van der Waals surface area contributed by atoms with Gasteiger partial charge >= 0.3 is 12.1 Å². The number of sulfonamides is 1. The predicted molar refractivity (Wildman–Crippen MR) is 207 cm³/mol. The van der Waals surface area contributed by atoms with Gasteiger partial charge in [0.25, 0.3) is 0 Å². The van der Waals surface area contributed by atoms with Crippen LogP contribution in [0.4, 0.5) is 15.3 Å². The Morgan fingerprint density at radius 2 is 1.48 bits per heavy atom. The second kappa shape index (κ2) is 17.9. The third kappa shape index (κ3) is 10.2. The number of halogens is 2. The van der Waals surface area contributed by atoms with Gasteiger partial charge in [-0.2, -0.15) is 4.31 Å². The summed E-state index contributed by atoms with van der Waals surface area (Å²) in [6.07, 6.45) is 5.88. The van der Waals surface area contributed by atoms with Crippen molar-refractivity contribution in [1.29, 1.82) is 0 Å². The van der Waals surface area contributed by atoms with E-state index in [1.807, 2.05) is 47.1 Å². The number of hydrogen-bond donors (Lipinski definition) is 2. The maximum Gasteiger partial charge on any atom is 0.409 e. The van der Waals surface area contributed by atoms with Gasteiger partial charge in [0.15, 0.2) is 0 Å². The average Bonchev–Trinajstić information content (AvgIpc) is 3.31. The zero-order valence-corrected chi connectivity index (χ0v) is 34.1. The van der Waals surface area contributed by atoms with Gasteiger partial charge in [-0.1, -0.05) is 25.1 Å². The Bertz CT molecular complexity index is 1670. The molecule has 6 rings (SSSR count). The van der Waals surface area contributed by atoms with Gasteiger partial charge in [-0.05, 0) is 99.7 Å². The van der Waals surface area contributed by atoms with Gasteiger partial charge in [0.05, 0.1) is 22.3 Å². The van der Waals surface area contributed by atoms with Crippen molar-refractivity contribution in [3.8, 4) is 5.75 Å². The number of likely N-dealkylation sites (tertiary alicyclic amines) is 2. The molecule has 1 atom stereocenters. The van der Waals surface area contributed by atoms with Crippen molar-refractivity contribution in [1.82, 2.24) is 23.9 Å². The second-order valence-electron chi connectivity index (χ2n) is 14.0. The third-order valence-electron chi connectivity index (χ3n) is 10.6. The number of benzene rings is 2. The molecule has 4 aliphatic heterocycles. The Labute approximate surface area is 323 Å². The number of carbonyl (C=O) groups excluding carboxylic acids is 3. The molecule has 0 aromatic heterocycles. The van der Waals surface area contributed by atoms with Gasteiger partial charge in [-0.25, -0.2) is 18.0 Å². The van der Waals surface area contributed by atoms with E-state index in [0.717, 1.165) is 69.5 Å². The van der Waals surface area contributed by atoms with Crippen LogP contribution in [-0.4, -0.2) is 140 Å². The third-order valence-corrected chi connectivity index (χ3v) is 13.1. The minimum absolute atomic E-state index is 0.0403. The molecule has 2 aromatic carbocycles. The number of ether oxygens (including phenoxy) is 1. The van der Waals surface area contributed by atoms with Crippen molar-refractivity contribution in [2.75, 3.05) is 77.6 Å². The number of phenolic OH excluding ortho intramolecular Hbond substituents is 1. The topological polar surface area (TPSA) is 143 Å². The highest BCUT2D eigenvalue weighted by Crippen LogP contribution is 2.34. The Morgan fingerprint density at radius 1 is 0.904 bits per heavy atom. The second-order valence-corrected chi connectivity index (χ2v) is 17.7. The van der Waals surface area contributed by atoms with Crippen molar-refractivity contribution in [2.45, 2.75) is 57.5 Å². The highest BCUT2D eigenvalue weighted by molar-refractivity contribution is 9.11. The SMILES string of the molecule is COC(=O)N1CCC(N2CCc3ccccc3NC2=O)CC1.C[C@H](Cc1cc(Br)c(O)c(Br)c1)C(=O)N1CCC(N2CCN(S(C)(=O)=O)CC2)CC1. The highest BCUT2D eigenvalue weighted by atomic mass is 79.9. The van der Waals surface area contributed by atoms with Crippen LogP contribution < -0.4 is 5.32 Å². The van der Waals surface area contributed by atoms with Crippen LogP contribution in [0.2, 0.25) is 0 Å². The van der Waals surface area contributed by atoms with E-state index in [-0.39, 0.29) is 35.7 Å². The minimum atomic E-state index is -3.11. The number of nitrogens with zero attached hydrogens (tertiary/aromatic N) is 5. The number of rotatable bonds is 6. The van der Waals surface area contributed by atoms with E-state index in [9.17, 15) is 27.9 Å². The first-order chi connectivity index (χ1) is 24.7. The number of phenols is 1. The lowest BCUT2D eigenvalue weighted by atomic mass is 9.97. The monoisotopic (exact) mass is 868 g/mol. The molecule has 0 unspecified atom stereocenters. The van der Waals surface area contributed by atoms with Crippen LogP contribution in [0, 0.1) is 5.92 Å². The standard InChI is InChI=1S/C20H29Br2N3O4S.C16H21N3O3/c1-14(11-15-12-17(21)19(26)18(22)13-15)20(27)24-5-3-16(4-6-24)23-7-9-25(10-8-23)30(2,28)29;1-22-16(21)18-9-7-13(8-10-18)19-11-6-12-4-2-3-5-14(12)17-15(19)20/h12-14,16,26H,3-11H2,1-2H3;2-5,13H,6-11H2,1H3,(H,17,20)/t14-;/m1./s1. The number of nitrogens with one attached hydrogen (secondary N) is 1. The molecular formula is C36H50Br2N6O7S. The maximum absolute atomic E-state index is 12.9. The highest BCUT2D eigenvalue weighted by Gasteiger charge is 2.33. The molecule has 286 valence electrons.